The zero-order valence-electron chi connectivity index (χ0n) is 14.5. The summed E-state index contributed by atoms with van der Waals surface area (Å²) in [5.41, 5.74) is 0. The number of ether oxygens (including phenoxy) is 1. The smallest absolute Gasteiger partial charge is 0.223 e. The summed E-state index contributed by atoms with van der Waals surface area (Å²) in [6.07, 6.45) is 6.97. The molecule has 2 saturated heterocycles. The van der Waals surface area contributed by atoms with Gasteiger partial charge in [0.05, 0.1) is 6.61 Å². The molecule has 0 bridgehead atoms. The predicted octanol–water partition coefficient (Wildman–Crippen LogP) is 1.34. The second-order valence-electron chi connectivity index (χ2n) is 7.50. The van der Waals surface area contributed by atoms with E-state index in [1.54, 1.807) is 0 Å². The Hall–Kier alpha value is -0.650. The average Bonchev–Trinajstić information content (AvgIpc) is 3.26. The molecular formula is C18H33N3O2. The van der Waals surface area contributed by atoms with Gasteiger partial charge in [-0.2, -0.15) is 0 Å². The minimum Gasteiger partial charge on any atom is -0.381 e. The van der Waals surface area contributed by atoms with E-state index in [4.69, 9.17) is 4.74 Å². The second kappa shape index (κ2) is 9.00. The standard InChI is InChI=1S/C18H33N3O2/c22-18(17-4-1-2-5-17)19-7-3-8-20-9-11-21(12-10-20)14-16-6-13-23-15-16/h16-17H,1-15H2,(H,19,22)/t16-/m0/s1. The predicted molar refractivity (Wildman–Crippen MR) is 91.4 cm³/mol. The SMILES string of the molecule is O=C(NCCCN1CCN(C[C@@H]2CCOC2)CC1)C1CCCC1. The largest absolute Gasteiger partial charge is 0.381 e. The molecule has 3 rings (SSSR count). The van der Waals surface area contributed by atoms with Gasteiger partial charge in [-0.05, 0) is 38.1 Å². The van der Waals surface area contributed by atoms with Gasteiger partial charge in [0.15, 0.2) is 0 Å². The number of hydrogen-bond donors (Lipinski definition) is 1. The molecule has 0 aromatic rings. The van der Waals surface area contributed by atoms with Crippen molar-refractivity contribution in [2.75, 3.05) is 59.0 Å². The maximum atomic E-state index is 12.0. The zero-order chi connectivity index (χ0) is 15.9. The zero-order valence-corrected chi connectivity index (χ0v) is 14.5. The highest BCUT2D eigenvalue weighted by Gasteiger charge is 2.23. The van der Waals surface area contributed by atoms with Crippen LogP contribution in [0, 0.1) is 11.8 Å². The molecule has 3 aliphatic rings. The van der Waals surface area contributed by atoms with Crippen molar-refractivity contribution in [3.05, 3.63) is 0 Å². The second-order valence-corrected chi connectivity index (χ2v) is 7.50. The van der Waals surface area contributed by atoms with Crippen LogP contribution in [0.1, 0.15) is 38.5 Å². The van der Waals surface area contributed by atoms with E-state index in [0.717, 1.165) is 51.5 Å². The van der Waals surface area contributed by atoms with E-state index in [0.29, 0.717) is 11.8 Å². The van der Waals surface area contributed by atoms with Gasteiger partial charge in [-0.1, -0.05) is 12.8 Å². The van der Waals surface area contributed by atoms with Crippen molar-refractivity contribution in [2.45, 2.75) is 38.5 Å². The van der Waals surface area contributed by atoms with Crippen molar-refractivity contribution in [2.24, 2.45) is 11.8 Å². The van der Waals surface area contributed by atoms with Crippen LogP contribution in [0.3, 0.4) is 0 Å². The first kappa shape index (κ1) is 17.2. The van der Waals surface area contributed by atoms with Gasteiger partial charge in [0.2, 0.25) is 5.91 Å². The first-order valence-corrected chi connectivity index (χ1v) is 9.61. The van der Waals surface area contributed by atoms with Crippen molar-refractivity contribution in [1.82, 2.24) is 15.1 Å². The van der Waals surface area contributed by atoms with Crippen LogP contribution in [0.25, 0.3) is 0 Å². The fourth-order valence-electron chi connectivity index (χ4n) is 4.13. The summed E-state index contributed by atoms with van der Waals surface area (Å²) < 4.78 is 5.47. The summed E-state index contributed by atoms with van der Waals surface area (Å²) in [6, 6.07) is 0. The highest BCUT2D eigenvalue weighted by atomic mass is 16.5. The van der Waals surface area contributed by atoms with Crippen LogP contribution in [0.15, 0.2) is 0 Å². The topological polar surface area (TPSA) is 44.8 Å². The Bertz CT molecular complexity index is 357. The lowest BCUT2D eigenvalue weighted by molar-refractivity contribution is -0.124. The molecule has 23 heavy (non-hydrogen) atoms. The number of nitrogens with zero attached hydrogens (tertiary/aromatic N) is 2. The van der Waals surface area contributed by atoms with E-state index >= 15 is 0 Å². The quantitative estimate of drug-likeness (QED) is 0.718. The van der Waals surface area contributed by atoms with Crippen molar-refractivity contribution in [3.8, 4) is 0 Å². The lowest BCUT2D eigenvalue weighted by atomic mass is 10.1. The van der Waals surface area contributed by atoms with E-state index in [1.807, 2.05) is 0 Å². The minimum absolute atomic E-state index is 0.297. The molecule has 5 nitrogen and oxygen atoms in total. The summed E-state index contributed by atoms with van der Waals surface area (Å²) in [5.74, 6) is 1.36. The normalized spacial score (nSPS) is 27.6. The Kier molecular flexibility index (Phi) is 6.72. The molecule has 3 fully saturated rings. The van der Waals surface area contributed by atoms with Gasteiger partial charge in [0.25, 0.3) is 0 Å². The number of carbonyl (C=O) groups is 1. The molecule has 1 aliphatic carbocycles. The van der Waals surface area contributed by atoms with Crippen molar-refractivity contribution in [1.29, 1.82) is 0 Å². The molecule has 5 heteroatoms. The third kappa shape index (κ3) is 5.44. The first-order valence-electron chi connectivity index (χ1n) is 9.61. The molecule has 0 aromatic heterocycles. The average molecular weight is 323 g/mol. The fraction of sp³-hybridized carbons (Fsp3) is 0.944. The summed E-state index contributed by atoms with van der Waals surface area (Å²) in [6.45, 7) is 9.80. The summed E-state index contributed by atoms with van der Waals surface area (Å²) >= 11 is 0. The molecule has 0 radical (unpaired) electrons. The molecule has 0 aromatic carbocycles. The number of nitrogens with one attached hydrogen (secondary N) is 1. The lowest BCUT2D eigenvalue weighted by Crippen LogP contribution is -2.48. The van der Waals surface area contributed by atoms with Gasteiger partial charge >= 0.3 is 0 Å². The number of carbonyl (C=O) groups excluding carboxylic acids is 1. The molecule has 2 aliphatic heterocycles. The minimum atomic E-state index is 0.297. The molecule has 1 atom stereocenters. The highest BCUT2D eigenvalue weighted by Crippen LogP contribution is 2.24. The summed E-state index contributed by atoms with van der Waals surface area (Å²) in [5, 5.41) is 3.13. The van der Waals surface area contributed by atoms with E-state index < -0.39 is 0 Å². The Morgan fingerprint density at radius 1 is 1.04 bits per heavy atom. The van der Waals surface area contributed by atoms with Gasteiger partial charge < -0.3 is 19.9 Å². The van der Waals surface area contributed by atoms with Crippen LogP contribution < -0.4 is 5.32 Å². The van der Waals surface area contributed by atoms with Crippen LogP contribution >= 0.6 is 0 Å². The van der Waals surface area contributed by atoms with Crippen molar-refractivity contribution in [3.63, 3.8) is 0 Å². The first-order chi connectivity index (χ1) is 11.3. The van der Waals surface area contributed by atoms with Crippen LogP contribution in [-0.4, -0.2) is 74.7 Å². The van der Waals surface area contributed by atoms with Crippen molar-refractivity contribution < 1.29 is 9.53 Å². The molecule has 2 heterocycles. The molecule has 0 unspecified atom stereocenters. The number of piperazine rings is 1. The van der Waals surface area contributed by atoms with Crippen LogP contribution in [0.2, 0.25) is 0 Å². The molecule has 132 valence electrons. The van der Waals surface area contributed by atoms with Gasteiger partial charge in [-0.3, -0.25) is 4.79 Å². The number of hydrogen-bond acceptors (Lipinski definition) is 4. The van der Waals surface area contributed by atoms with E-state index in [9.17, 15) is 4.79 Å². The van der Waals surface area contributed by atoms with Crippen LogP contribution in [0.5, 0.6) is 0 Å². The lowest BCUT2D eigenvalue weighted by Gasteiger charge is -2.35. The van der Waals surface area contributed by atoms with Crippen molar-refractivity contribution >= 4 is 5.91 Å². The van der Waals surface area contributed by atoms with E-state index in [2.05, 4.69) is 15.1 Å². The summed E-state index contributed by atoms with van der Waals surface area (Å²) in [7, 11) is 0. The summed E-state index contributed by atoms with van der Waals surface area (Å²) in [4.78, 5) is 17.1. The Balaban J connectivity index is 1.22. The molecule has 1 amide bonds. The number of rotatable bonds is 7. The molecular weight excluding hydrogens is 290 g/mol. The third-order valence-corrected chi connectivity index (χ3v) is 5.68. The maximum absolute atomic E-state index is 12.0. The van der Waals surface area contributed by atoms with Gasteiger partial charge in [0.1, 0.15) is 0 Å². The number of amides is 1. The van der Waals surface area contributed by atoms with Gasteiger partial charge in [-0.25, -0.2) is 0 Å². The fourth-order valence-corrected chi connectivity index (χ4v) is 4.13. The molecule has 1 N–H and O–H groups in total. The Labute approximate surface area is 140 Å². The Morgan fingerprint density at radius 2 is 1.78 bits per heavy atom. The molecule has 0 spiro atoms. The van der Waals surface area contributed by atoms with Crippen LogP contribution in [-0.2, 0) is 9.53 Å². The van der Waals surface area contributed by atoms with Crippen LogP contribution in [0.4, 0.5) is 0 Å². The monoisotopic (exact) mass is 323 g/mol. The molecule has 1 saturated carbocycles. The highest BCUT2D eigenvalue weighted by molar-refractivity contribution is 5.78. The van der Waals surface area contributed by atoms with E-state index in [1.165, 1.54) is 52.0 Å². The van der Waals surface area contributed by atoms with Gasteiger partial charge in [-0.15, -0.1) is 0 Å². The maximum Gasteiger partial charge on any atom is 0.223 e. The van der Waals surface area contributed by atoms with E-state index in [-0.39, 0.29) is 0 Å². The third-order valence-electron chi connectivity index (χ3n) is 5.68. The Morgan fingerprint density at radius 3 is 2.48 bits per heavy atom. The van der Waals surface area contributed by atoms with Gasteiger partial charge in [0, 0.05) is 51.8 Å².